The van der Waals surface area contributed by atoms with Gasteiger partial charge >= 0.3 is 5.91 Å². The van der Waals surface area contributed by atoms with E-state index in [1.807, 2.05) is 6.21 Å². The maximum atomic E-state index is 11.9. The van der Waals surface area contributed by atoms with Crippen molar-refractivity contribution in [2.24, 2.45) is 0 Å². The Hall–Kier alpha value is -0.423. The fraction of sp³-hybridized carbons (Fsp3) is 0.714. The zero-order valence-electron chi connectivity index (χ0n) is 12.6. The molecule has 0 unspecified atom stereocenters. The van der Waals surface area contributed by atoms with E-state index in [0.29, 0.717) is 6.42 Å². The molecule has 0 aromatic heterocycles. The minimum Gasteiger partial charge on any atom is -0.272 e. The molecule has 110 valence electrons. The number of carbonyl (C=O) groups is 1. The smallest absolute Gasteiger partial charge is 0.272 e. The van der Waals surface area contributed by atoms with E-state index in [4.69, 9.17) is 4.84 Å². The quantitative estimate of drug-likeness (QED) is 0.120. The van der Waals surface area contributed by atoms with E-state index < -0.39 is 8.07 Å². The molecule has 5 heteroatoms. The summed E-state index contributed by atoms with van der Waals surface area (Å²) in [5, 5.41) is 0.939. The van der Waals surface area contributed by atoms with E-state index in [9.17, 15) is 4.79 Å². The van der Waals surface area contributed by atoms with Gasteiger partial charge in [0.2, 0.25) is 6.21 Å². The summed E-state index contributed by atoms with van der Waals surface area (Å²) in [5.41, 5.74) is 0. The van der Waals surface area contributed by atoms with Gasteiger partial charge in [0.1, 0.15) is 7.11 Å². The molecular formula is C14H27BrNO2Si+. The lowest BCUT2D eigenvalue weighted by atomic mass is 10.3. The van der Waals surface area contributed by atoms with Crippen LogP contribution in [-0.2, 0) is 9.63 Å². The van der Waals surface area contributed by atoms with Gasteiger partial charge in [-0.05, 0) is 18.9 Å². The Morgan fingerprint density at radius 1 is 1.26 bits per heavy atom. The molecule has 0 bridgehead atoms. The number of carbonyl (C=O) groups excluding carboxylic acids is 1. The van der Waals surface area contributed by atoms with Crippen LogP contribution in [0.1, 0.15) is 25.7 Å². The van der Waals surface area contributed by atoms with Gasteiger partial charge in [0, 0.05) is 24.6 Å². The van der Waals surface area contributed by atoms with Gasteiger partial charge in [-0.3, -0.25) is 4.84 Å². The molecule has 0 radical (unpaired) electrons. The second kappa shape index (κ2) is 10.4. The summed E-state index contributed by atoms with van der Waals surface area (Å²) in [6.07, 6.45) is 9.28. The Bertz CT molecular complexity index is 322. The van der Waals surface area contributed by atoms with Gasteiger partial charge in [-0.15, -0.1) is 0 Å². The third kappa shape index (κ3) is 11.1. The van der Waals surface area contributed by atoms with Crippen LogP contribution in [0.25, 0.3) is 0 Å². The summed E-state index contributed by atoms with van der Waals surface area (Å²) in [4.78, 5) is 16.9. The first kappa shape index (κ1) is 18.6. The summed E-state index contributed by atoms with van der Waals surface area (Å²) >= 11 is 3.36. The van der Waals surface area contributed by atoms with E-state index in [2.05, 4.69) is 47.7 Å². The van der Waals surface area contributed by atoms with Crippen LogP contribution in [0.5, 0.6) is 0 Å². The highest BCUT2D eigenvalue weighted by Crippen LogP contribution is 2.09. The van der Waals surface area contributed by atoms with Gasteiger partial charge in [0.15, 0.2) is 0 Å². The molecule has 0 atom stereocenters. The van der Waals surface area contributed by atoms with Crippen molar-refractivity contribution >= 4 is 36.1 Å². The zero-order valence-corrected chi connectivity index (χ0v) is 15.2. The van der Waals surface area contributed by atoms with E-state index in [1.165, 1.54) is 17.9 Å². The topological polar surface area (TPSA) is 29.3 Å². The molecule has 0 saturated heterocycles. The molecule has 1 amide bonds. The van der Waals surface area contributed by atoms with Crippen molar-refractivity contribution in [2.45, 2.75) is 51.4 Å². The highest BCUT2D eigenvalue weighted by Gasteiger charge is 2.17. The Morgan fingerprint density at radius 3 is 2.47 bits per heavy atom. The van der Waals surface area contributed by atoms with Crippen LogP contribution in [0.15, 0.2) is 12.2 Å². The monoisotopic (exact) mass is 348 g/mol. The van der Waals surface area contributed by atoms with Gasteiger partial charge < -0.3 is 0 Å². The predicted molar refractivity (Wildman–Crippen MR) is 87.9 cm³/mol. The zero-order chi connectivity index (χ0) is 14.7. The highest BCUT2D eigenvalue weighted by atomic mass is 79.9. The molecule has 3 nitrogen and oxygen atoms in total. The molecule has 0 saturated carbocycles. The Morgan fingerprint density at radius 2 is 1.95 bits per heavy atom. The van der Waals surface area contributed by atoms with Crippen LogP contribution in [0.2, 0.25) is 25.7 Å². The van der Waals surface area contributed by atoms with Crippen LogP contribution >= 0.6 is 15.9 Å². The molecule has 0 spiro atoms. The summed E-state index contributed by atoms with van der Waals surface area (Å²) in [6, 6.07) is 1.17. The first-order valence-electron chi connectivity index (χ1n) is 6.81. The molecular weight excluding hydrogens is 322 g/mol. The van der Waals surface area contributed by atoms with Gasteiger partial charge in [-0.1, -0.05) is 47.7 Å². The van der Waals surface area contributed by atoms with E-state index in [-0.39, 0.29) is 5.91 Å². The Balaban J connectivity index is 4.04. The number of hydrogen-bond donors (Lipinski definition) is 0. The van der Waals surface area contributed by atoms with Crippen molar-refractivity contribution < 1.29 is 14.4 Å². The fourth-order valence-corrected chi connectivity index (χ4v) is 2.63. The van der Waals surface area contributed by atoms with Crippen molar-refractivity contribution in [3.05, 3.63) is 12.2 Å². The maximum Gasteiger partial charge on any atom is 0.433 e. The standard InChI is InChI=1S/C14H27BrNO2Si/c1-18-16(12-8-7-11-15)14(17)10-6-5-9-13-19(2,3)4/h5,9,12H,6-8,10-11,13H2,1-4H3/q+1/b9-5+,16-12-. The van der Waals surface area contributed by atoms with Crippen LogP contribution < -0.4 is 0 Å². The number of unbranched alkanes of at least 4 members (excludes halogenated alkanes) is 1. The van der Waals surface area contributed by atoms with Gasteiger partial charge in [0.05, 0.1) is 6.42 Å². The van der Waals surface area contributed by atoms with E-state index >= 15 is 0 Å². The normalized spacial score (nSPS) is 13.0. The molecule has 0 aliphatic rings. The van der Waals surface area contributed by atoms with Crippen molar-refractivity contribution in [3.63, 3.8) is 0 Å². The van der Waals surface area contributed by atoms with Gasteiger partial charge in [-0.25, -0.2) is 4.79 Å². The van der Waals surface area contributed by atoms with Crippen LogP contribution in [0, 0.1) is 0 Å². The minimum absolute atomic E-state index is 0.0229. The Kier molecular flexibility index (Phi) is 10.1. The SMILES string of the molecule is CO/[N+](=C\CCCBr)C(=O)CC/C=C/C[Si](C)(C)C. The number of halogens is 1. The third-order valence-electron chi connectivity index (χ3n) is 2.50. The first-order chi connectivity index (χ1) is 8.90. The molecule has 19 heavy (non-hydrogen) atoms. The number of allylic oxidation sites excluding steroid dienone is 2. The molecule has 0 N–H and O–H groups in total. The van der Waals surface area contributed by atoms with Crippen molar-refractivity contribution in [1.82, 2.24) is 0 Å². The summed E-state index contributed by atoms with van der Waals surface area (Å²) < 4.78 is 1.36. The average molecular weight is 349 g/mol. The van der Waals surface area contributed by atoms with Gasteiger partial charge in [0.25, 0.3) is 0 Å². The van der Waals surface area contributed by atoms with Crippen molar-refractivity contribution in [3.8, 4) is 0 Å². The van der Waals surface area contributed by atoms with E-state index in [0.717, 1.165) is 24.6 Å². The highest BCUT2D eigenvalue weighted by molar-refractivity contribution is 9.09. The number of nitrogens with zero attached hydrogens (tertiary/aromatic N) is 1. The van der Waals surface area contributed by atoms with Crippen LogP contribution in [0.3, 0.4) is 0 Å². The lowest BCUT2D eigenvalue weighted by Gasteiger charge is -2.11. The van der Waals surface area contributed by atoms with E-state index in [1.54, 1.807) is 0 Å². The molecule has 0 aromatic carbocycles. The molecule has 0 rings (SSSR count). The predicted octanol–water partition coefficient (Wildman–Crippen LogP) is 4.01. The summed E-state index contributed by atoms with van der Waals surface area (Å²) in [6.45, 7) is 7.02. The number of hydrogen-bond acceptors (Lipinski definition) is 2. The van der Waals surface area contributed by atoms with Crippen molar-refractivity contribution in [1.29, 1.82) is 0 Å². The molecule has 0 aliphatic heterocycles. The maximum absolute atomic E-state index is 11.9. The first-order valence-corrected chi connectivity index (χ1v) is 11.6. The minimum atomic E-state index is -1.00. The third-order valence-corrected chi connectivity index (χ3v) is 4.52. The number of alkyl halides is 1. The molecule has 0 fully saturated rings. The summed E-state index contributed by atoms with van der Waals surface area (Å²) in [7, 11) is 0.529. The van der Waals surface area contributed by atoms with Gasteiger partial charge in [-0.2, -0.15) is 0 Å². The lowest BCUT2D eigenvalue weighted by Crippen LogP contribution is -2.20. The van der Waals surface area contributed by atoms with Crippen LogP contribution in [0.4, 0.5) is 0 Å². The fourth-order valence-electron chi connectivity index (χ4n) is 1.44. The molecule has 0 aliphatic carbocycles. The van der Waals surface area contributed by atoms with Crippen LogP contribution in [-0.4, -0.2) is 37.4 Å². The largest absolute Gasteiger partial charge is 0.433 e. The molecule has 0 heterocycles. The number of hydroxylamine groups is 1. The summed E-state index contributed by atoms with van der Waals surface area (Å²) in [5.74, 6) is 0.0229. The number of amides is 1. The molecule has 0 aromatic rings. The van der Waals surface area contributed by atoms with Crippen molar-refractivity contribution in [2.75, 3.05) is 12.4 Å². The second-order valence-electron chi connectivity index (χ2n) is 5.69. The second-order valence-corrected chi connectivity index (χ2v) is 12.0. The lowest BCUT2D eigenvalue weighted by molar-refractivity contribution is -0.710. The average Bonchev–Trinajstić information content (AvgIpc) is 2.32. The number of rotatable bonds is 9. The Labute approximate surface area is 126 Å².